The Morgan fingerprint density at radius 3 is 2.29 bits per heavy atom. The smallest absolute Gasteiger partial charge is 0.368 e. The first-order valence-corrected chi connectivity index (χ1v) is 7.14. The van der Waals surface area contributed by atoms with Gasteiger partial charge in [-0.2, -0.15) is 13.2 Å². The fourth-order valence-electron chi connectivity index (χ4n) is 2.90. The number of halogens is 3. The van der Waals surface area contributed by atoms with Gasteiger partial charge >= 0.3 is 6.18 Å². The largest absolute Gasteiger partial charge is 0.418 e. The summed E-state index contributed by atoms with van der Waals surface area (Å²) in [6.45, 7) is 2.80. The minimum atomic E-state index is -4.44. The molecule has 6 heteroatoms. The van der Waals surface area contributed by atoms with E-state index < -0.39 is 11.7 Å². The molecule has 2 fully saturated rings. The highest BCUT2D eigenvalue weighted by atomic mass is 19.4. The minimum absolute atomic E-state index is 0.0580. The summed E-state index contributed by atoms with van der Waals surface area (Å²) in [5.74, 6) is 0. The molecule has 0 N–H and O–H groups in total. The maximum Gasteiger partial charge on any atom is 0.418 e. The third kappa shape index (κ3) is 3.05. The van der Waals surface area contributed by atoms with Crippen molar-refractivity contribution in [1.29, 1.82) is 0 Å². The van der Waals surface area contributed by atoms with Gasteiger partial charge in [0.2, 0.25) is 0 Å². The number of nitrogens with zero attached hydrogens (tertiary/aromatic N) is 2. The number of hydrogen-bond acceptors (Lipinski definition) is 3. The fourth-order valence-corrected chi connectivity index (χ4v) is 2.90. The van der Waals surface area contributed by atoms with Crippen LogP contribution in [0.3, 0.4) is 0 Å². The van der Waals surface area contributed by atoms with E-state index in [9.17, 15) is 18.0 Å². The lowest BCUT2D eigenvalue weighted by molar-refractivity contribution is -0.137. The maximum absolute atomic E-state index is 13.2. The molecule has 0 unspecified atom stereocenters. The van der Waals surface area contributed by atoms with Gasteiger partial charge in [-0.25, -0.2) is 0 Å². The summed E-state index contributed by atoms with van der Waals surface area (Å²) in [6.07, 6.45) is -1.57. The zero-order valence-electron chi connectivity index (χ0n) is 11.6. The summed E-state index contributed by atoms with van der Waals surface area (Å²) in [5.41, 5.74) is -0.474. The monoisotopic (exact) mass is 298 g/mol. The Morgan fingerprint density at radius 1 is 1.10 bits per heavy atom. The molecule has 0 bridgehead atoms. The molecule has 0 spiro atoms. The Morgan fingerprint density at radius 2 is 1.76 bits per heavy atom. The normalized spacial score (nSPS) is 20.6. The van der Waals surface area contributed by atoms with Crippen LogP contribution in [-0.2, 0) is 6.18 Å². The van der Waals surface area contributed by atoms with Crippen molar-refractivity contribution in [2.45, 2.75) is 25.1 Å². The molecule has 3 rings (SSSR count). The molecule has 114 valence electrons. The molecule has 21 heavy (non-hydrogen) atoms. The Balaban J connectivity index is 1.82. The van der Waals surface area contributed by atoms with E-state index in [0.29, 0.717) is 25.4 Å². The summed E-state index contributed by atoms with van der Waals surface area (Å²) in [5, 5.41) is 0. The summed E-state index contributed by atoms with van der Waals surface area (Å²) in [4.78, 5) is 14.8. The Bertz CT molecular complexity index is 532. The number of carbonyl (C=O) groups is 1. The van der Waals surface area contributed by atoms with Crippen molar-refractivity contribution in [2.75, 3.05) is 31.1 Å². The third-order valence-corrected chi connectivity index (χ3v) is 4.18. The molecule has 0 aromatic heterocycles. The van der Waals surface area contributed by atoms with E-state index in [4.69, 9.17) is 0 Å². The number of benzene rings is 1. The zero-order valence-corrected chi connectivity index (χ0v) is 11.6. The van der Waals surface area contributed by atoms with Crippen LogP contribution in [0, 0.1) is 0 Å². The second kappa shape index (κ2) is 5.33. The molecule has 1 saturated carbocycles. The Hall–Kier alpha value is -1.56. The molecule has 1 aliphatic heterocycles. The van der Waals surface area contributed by atoms with Crippen LogP contribution in [0.15, 0.2) is 18.2 Å². The number of piperazine rings is 1. The second-order valence-corrected chi connectivity index (χ2v) is 5.65. The van der Waals surface area contributed by atoms with Gasteiger partial charge in [-0.1, -0.05) is 0 Å². The van der Waals surface area contributed by atoms with Crippen molar-refractivity contribution in [2.24, 2.45) is 0 Å². The zero-order chi connectivity index (χ0) is 15.0. The molecule has 0 radical (unpaired) electrons. The molecule has 1 heterocycles. The van der Waals surface area contributed by atoms with Crippen LogP contribution in [0.4, 0.5) is 18.9 Å². The molecule has 1 aromatic carbocycles. The van der Waals surface area contributed by atoms with Crippen LogP contribution in [0.25, 0.3) is 0 Å². The van der Waals surface area contributed by atoms with E-state index in [1.807, 2.05) is 0 Å². The molecule has 1 aliphatic carbocycles. The summed E-state index contributed by atoms with van der Waals surface area (Å²) >= 11 is 0. The average Bonchev–Trinajstić information content (AvgIpc) is 3.30. The molecule has 1 aromatic rings. The number of carbonyl (C=O) groups excluding carboxylic acids is 1. The number of anilines is 1. The molecule has 3 nitrogen and oxygen atoms in total. The molecular formula is C15H17F3N2O. The van der Waals surface area contributed by atoms with Crippen LogP contribution in [-0.4, -0.2) is 43.4 Å². The van der Waals surface area contributed by atoms with Crippen LogP contribution in [0.1, 0.15) is 28.8 Å². The standard InChI is InChI=1S/C15H17F3N2O/c16-15(17,18)13-9-11(10-21)1-4-14(13)20-7-5-19(6-8-20)12-2-3-12/h1,4,9-10,12H,2-3,5-8H2. The molecule has 1 saturated heterocycles. The molecular weight excluding hydrogens is 281 g/mol. The van der Waals surface area contributed by atoms with E-state index in [1.165, 1.54) is 25.0 Å². The van der Waals surface area contributed by atoms with E-state index >= 15 is 0 Å². The van der Waals surface area contributed by atoms with Crippen molar-refractivity contribution in [1.82, 2.24) is 4.90 Å². The quantitative estimate of drug-likeness (QED) is 0.802. The lowest BCUT2D eigenvalue weighted by Gasteiger charge is -2.37. The summed E-state index contributed by atoms with van der Waals surface area (Å²) in [7, 11) is 0. The van der Waals surface area contributed by atoms with Gasteiger partial charge in [-0.3, -0.25) is 9.69 Å². The topological polar surface area (TPSA) is 23.6 Å². The summed E-state index contributed by atoms with van der Waals surface area (Å²) in [6, 6.07) is 4.45. The van der Waals surface area contributed by atoms with E-state index in [-0.39, 0.29) is 11.3 Å². The Kier molecular flexibility index (Phi) is 3.65. The first-order chi connectivity index (χ1) is 9.99. The number of aldehydes is 1. The summed E-state index contributed by atoms with van der Waals surface area (Å²) < 4.78 is 39.5. The number of hydrogen-bond donors (Lipinski definition) is 0. The third-order valence-electron chi connectivity index (χ3n) is 4.18. The van der Waals surface area contributed by atoms with Crippen molar-refractivity contribution >= 4 is 12.0 Å². The van der Waals surface area contributed by atoms with Crippen LogP contribution in [0.2, 0.25) is 0 Å². The van der Waals surface area contributed by atoms with E-state index in [2.05, 4.69) is 4.90 Å². The van der Waals surface area contributed by atoms with E-state index in [0.717, 1.165) is 19.2 Å². The van der Waals surface area contributed by atoms with Crippen LogP contribution in [0.5, 0.6) is 0 Å². The molecule has 2 aliphatic rings. The lowest BCUT2D eigenvalue weighted by Crippen LogP contribution is -2.47. The van der Waals surface area contributed by atoms with Gasteiger partial charge in [-0.15, -0.1) is 0 Å². The second-order valence-electron chi connectivity index (χ2n) is 5.65. The predicted molar refractivity (Wildman–Crippen MR) is 73.6 cm³/mol. The molecule has 0 atom stereocenters. The highest BCUT2D eigenvalue weighted by Crippen LogP contribution is 2.38. The van der Waals surface area contributed by atoms with Gasteiger partial charge in [0.05, 0.1) is 5.56 Å². The highest BCUT2D eigenvalue weighted by Gasteiger charge is 2.37. The fraction of sp³-hybridized carbons (Fsp3) is 0.533. The average molecular weight is 298 g/mol. The van der Waals surface area contributed by atoms with Crippen LogP contribution < -0.4 is 4.90 Å². The SMILES string of the molecule is O=Cc1ccc(N2CCN(C3CC3)CC2)c(C(F)(F)F)c1. The van der Waals surface area contributed by atoms with Gasteiger partial charge in [0, 0.05) is 43.5 Å². The van der Waals surface area contributed by atoms with Gasteiger partial charge in [-0.05, 0) is 31.0 Å². The Labute approximate surface area is 121 Å². The number of alkyl halides is 3. The van der Waals surface area contributed by atoms with E-state index in [1.54, 1.807) is 4.90 Å². The highest BCUT2D eigenvalue weighted by molar-refractivity contribution is 5.77. The number of rotatable bonds is 3. The van der Waals surface area contributed by atoms with Gasteiger partial charge in [0.15, 0.2) is 0 Å². The van der Waals surface area contributed by atoms with Gasteiger partial charge < -0.3 is 4.90 Å². The lowest BCUT2D eigenvalue weighted by atomic mass is 10.1. The first kappa shape index (κ1) is 14.4. The van der Waals surface area contributed by atoms with Crippen molar-refractivity contribution < 1.29 is 18.0 Å². The maximum atomic E-state index is 13.2. The van der Waals surface area contributed by atoms with Crippen LogP contribution >= 0.6 is 0 Å². The van der Waals surface area contributed by atoms with Crippen molar-refractivity contribution in [3.8, 4) is 0 Å². The minimum Gasteiger partial charge on any atom is -0.368 e. The first-order valence-electron chi connectivity index (χ1n) is 7.14. The van der Waals surface area contributed by atoms with Gasteiger partial charge in [0.1, 0.15) is 6.29 Å². The van der Waals surface area contributed by atoms with Crippen molar-refractivity contribution in [3.05, 3.63) is 29.3 Å². The molecule has 0 amide bonds. The van der Waals surface area contributed by atoms with Gasteiger partial charge in [0.25, 0.3) is 0 Å². The predicted octanol–water partition coefficient (Wildman–Crippen LogP) is 2.80. The van der Waals surface area contributed by atoms with Crippen molar-refractivity contribution in [3.63, 3.8) is 0 Å².